The number of anilines is 3. The number of hydrogen-bond donors (Lipinski definition) is 2. The number of nitrogens with two attached hydrogens (primary N) is 1. The second-order valence-corrected chi connectivity index (χ2v) is 4.66. The molecule has 3 nitrogen and oxygen atoms in total. The van der Waals surface area contributed by atoms with Crippen molar-refractivity contribution in [3.05, 3.63) is 52.5 Å². The van der Waals surface area contributed by atoms with Gasteiger partial charge in [-0.05, 0) is 36.4 Å². The van der Waals surface area contributed by atoms with Gasteiger partial charge in [0, 0.05) is 10.7 Å². The third-order valence-electron chi connectivity index (χ3n) is 2.74. The highest BCUT2D eigenvalue weighted by molar-refractivity contribution is 6.30. The molecule has 0 fully saturated rings. The Morgan fingerprint density at radius 2 is 1.86 bits per heavy atom. The van der Waals surface area contributed by atoms with E-state index in [0.29, 0.717) is 5.69 Å². The predicted molar refractivity (Wildman–Crippen MR) is 75.3 cm³/mol. The van der Waals surface area contributed by atoms with E-state index in [-0.39, 0.29) is 22.0 Å². The van der Waals surface area contributed by atoms with Crippen LogP contribution in [0, 0.1) is 11.3 Å². The summed E-state index contributed by atoms with van der Waals surface area (Å²) in [4.78, 5) is 0. The predicted octanol–water partition coefficient (Wildman–Crippen LogP) is 4.56. The molecule has 2 rings (SSSR count). The van der Waals surface area contributed by atoms with Crippen LogP contribution in [0.25, 0.3) is 0 Å². The van der Waals surface area contributed by atoms with Gasteiger partial charge in [0.15, 0.2) is 0 Å². The molecule has 3 N–H and O–H groups in total. The lowest BCUT2D eigenvalue weighted by Gasteiger charge is -2.15. The van der Waals surface area contributed by atoms with Gasteiger partial charge in [0.25, 0.3) is 0 Å². The Morgan fingerprint density at radius 3 is 2.43 bits per heavy atom. The van der Waals surface area contributed by atoms with Crippen LogP contribution in [0.2, 0.25) is 5.02 Å². The van der Waals surface area contributed by atoms with Crippen LogP contribution in [0.3, 0.4) is 0 Å². The van der Waals surface area contributed by atoms with Crippen molar-refractivity contribution in [3.63, 3.8) is 0 Å². The Hall–Kier alpha value is -2.39. The Kier molecular flexibility index (Phi) is 3.96. The van der Waals surface area contributed by atoms with Gasteiger partial charge in [-0.3, -0.25) is 0 Å². The summed E-state index contributed by atoms with van der Waals surface area (Å²) in [5, 5.41) is 11.4. The molecule has 0 saturated heterocycles. The smallest absolute Gasteiger partial charge is 0.398 e. The summed E-state index contributed by atoms with van der Waals surface area (Å²) >= 11 is 5.61. The van der Waals surface area contributed by atoms with Gasteiger partial charge in [-0.15, -0.1) is 0 Å². The monoisotopic (exact) mass is 311 g/mol. The molecule has 0 atom stereocenters. The van der Waals surface area contributed by atoms with Crippen molar-refractivity contribution in [2.24, 2.45) is 0 Å². The minimum absolute atomic E-state index is 0.00721. The molecule has 0 heterocycles. The van der Waals surface area contributed by atoms with Crippen LogP contribution in [0.15, 0.2) is 36.4 Å². The van der Waals surface area contributed by atoms with Crippen molar-refractivity contribution >= 4 is 28.7 Å². The average Bonchev–Trinajstić information content (AvgIpc) is 2.40. The maximum Gasteiger partial charge on any atom is 0.418 e. The van der Waals surface area contributed by atoms with E-state index in [1.165, 1.54) is 30.3 Å². The third kappa shape index (κ3) is 3.38. The molecule has 21 heavy (non-hydrogen) atoms. The summed E-state index contributed by atoms with van der Waals surface area (Å²) < 4.78 is 38.9. The molecule has 7 heteroatoms. The maximum atomic E-state index is 13.0. The zero-order chi connectivity index (χ0) is 15.6. The van der Waals surface area contributed by atoms with E-state index < -0.39 is 11.7 Å². The van der Waals surface area contributed by atoms with Crippen LogP contribution in [-0.2, 0) is 6.18 Å². The highest BCUT2D eigenvalue weighted by Gasteiger charge is 2.33. The molecule has 108 valence electrons. The Morgan fingerprint density at radius 1 is 1.14 bits per heavy atom. The summed E-state index contributed by atoms with van der Waals surface area (Å²) in [6, 6.07) is 9.62. The molecular formula is C14H9ClF3N3. The molecule has 2 aromatic carbocycles. The molecule has 0 unspecified atom stereocenters. The van der Waals surface area contributed by atoms with Crippen molar-refractivity contribution in [2.45, 2.75) is 6.18 Å². The van der Waals surface area contributed by atoms with Crippen LogP contribution in [0.1, 0.15) is 11.1 Å². The maximum absolute atomic E-state index is 13.0. The number of hydrogen-bond acceptors (Lipinski definition) is 3. The summed E-state index contributed by atoms with van der Waals surface area (Å²) in [5.41, 5.74) is 5.40. The van der Waals surface area contributed by atoms with E-state index in [2.05, 4.69) is 5.32 Å². The van der Waals surface area contributed by atoms with Gasteiger partial charge < -0.3 is 11.1 Å². The molecule has 0 radical (unpaired) electrons. The number of nitrogen functional groups attached to an aromatic ring is 1. The molecular weight excluding hydrogens is 303 g/mol. The van der Waals surface area contributed by atoms with Crippen molar-refractivity contribution in [2.75, 3.05) is 11.1 Å². The van der Waals surface area contributed by atoms with Gasteiger partial charge in [0.05, 0.1) is 22.5 Å². The average molecular weight is 312 g/mol. The van der Waals surface area contributed by atoms with Crippen LogP contribution in [0.4, 0.5) is 30.2 Å². The number of rotatable bonds is 2. The number of benzene rings is 2. The van der Waals surface area contributed by atoms with E-state index in [0.717, 1.165) is 6.07 Å². The van der Waals surface area contributed by atoms with Gasteiger partial charge >= 0.3 is 6.18 Å². The zero-order valence-corrected chi connectivity index (χ0v) is 11.3. The molecule has 0 aliphatic rings. The fourth-order valence-electron chi connectivity index (χ4n) is 1.76. The molecule has 0 bridgehead atoms. The van der Waals surface area contributed by atoms with E-state index >= 15 is 0 Å². The largest absolute Gasteiger partial charge is 0.418 e. The lowest BCUT2D eigenvalue weighted by atomic mass is 10.1. The summed E-state index contributed by atoms with van der Waals surface area (Å²) in [6.45, 7) is 0. The topological polar surface area (TPSA) is 61.8 Å². The zero-order valence-electron chi connectivity index (χ0n) is 10.5. The van der Waals surface area contributed by atoms with Crippen molar-refractivity contribution in [1.82, 2.24) is 0 Å². The van der Waals surface area contributed by atoms with Gasteiger partial charge in [0.2, 0.25) is 0 Å². The summed E-state index contributed by atoms with van der Waals surface area (Å²) in [7, 11) is 0. The fraction of sp³-hybridized carbons (Fsp3) is 0.0714. The number of nitrogens with one attached hydrogen (secondary N) is 1. The quantitative estimate of drug-likeness (QED) is 0.799. The first-order chi connectivity index (χ1) is 9.81. The minimum atomic E-state index is -4.54. The second kappa shape index (κ2) is 5.54. The molecule has 0 aromatic heterocycles. The van der Waals surface area contributed by atoms with E-state index in [1.54, 1.807) is 0 Å². The minimum Gasteiger partial charge on any atom is -0.398 e. The summed E-state index contributed by atoms with van der Waals surface area (Å²) in [5.74, 6) is 0. The Bertz CT molecular complexity index is 720. The number of halogens is 4. The fourth-order valence-corrected chi connectivity index (χ4v) is 1.93. The highest BCUT2D eigenvalue weighted by Crippen LogP contribution is 2.37. The second-order valence-electron chi connectivity index (χ2n) is 4.23. The van der Waals surface area contributed by atoms with Crippen LogP contribution < -0.4 is 11.1 Å². The summed E-state index contributed by atoms with van der Waals surface area (Å²) in [6.07, 6.45) is -4.54. The normalized spacial score (nSPS) is 11.0. The van der Waals surface area contributed by atoms with E-state index in [1.807, 2.05) is 6.07 Å². The molecule has 0 amide bonds. The molecule has 0 spiro atoms. The molecule has 2 aromatic rings. The van der Waals surface area contributed by atoms with Crippen LogP contribution in [-0.4, -0.2) is 0 Å². The number of alkyl halides is 3. The van der Waals surface area contributed by atoms with Gasteiger partial charge in [-0.2, -0.15) is 18.4 Å². The molecule has 0 aliphatic heterocycles. The molecule has 0 saturated carbocycles. The number of nitrogens with zero attached hydrogens (tertiary/aromatic N) is 1. The third-order valence-corrected chi connectivity index (χ3v) is 2.97. The molecule has 0 aliphatic carbocycles. The van der Waals surface area contributed by atoms with Crippen LogP contribution >= 0.6 is 11.6 Å². The first kappa shape index (κ1) is 15.0. The van der Waals surface area contributed by atoms with Crippen molar-refractivity contribution < 1.29 is 13.2 Å². The SMILES string of the molecule is N#Cc1ccc(Nc2ccc(Cl)cc2C(F)(F)F)cc1N. The lowest BCUT2D eigenvalue weighted by molar-refractivity contribution is -0.136. The van der Waals surface area contributed by atoms with Gasteiger partial charge in [-0.25, -0.2) is 0 Å². The number of nitriles is 1. The first-order valence-corrected chi connectivity index (χ1v) is 6.12. The van der Waals surface area contributed by atoms with Crippen molar-refractivity contribution in [3.8, 4) is 6.07 Å². The first-order valence-electron chi connectivity index (χ1n) is 5.74. The Labute approximate surface area is 123 Å². The standard InChI is InChI=1S/C14H9ClF3N3/c15-9-2-4-13(11(5-9)14(16,17)18)21-10-3-1-8(7-19)12(20)6-10/h1-6,21H,20H2. The van der Waals surface area contributed by atoms with E-state index in [4.69, 9.17) is 22.6 Å². The Balaban J connectivity index is 2.41. The van der Waals surface area contributed by atoms with Crippen LogP contribution in [0.5, 0.6) is 0 Å². The highest BCUT2D eigenvalue weighted by atomic mass is 35.5. The lowest BCUT2D eigenvalue weighted by Crippen LogP contribution is -2.09. The van der Waals surface area contributed by atoms with E-state index in [9.17, 15) is 13.2 Å². The van der Waals surface area contributed by atoms with Gasteiger partial charge in [0.1, 0.15) is 6.07 Å². The van der Waals surface area contributed by atoms with Gasteiger partial charge in [-0.1, -0.05) is 11.6 Å². The van der Waals surface area contributed by atoms with Crippen molar-refractivity contribution in [1.29, 1.82) is 5.26 Å².